The lowest BCUT2D eigenvalue weighted by atomic mass is 10.2. The number of rotatable bonds is 4. The van der Waals surface area contributed by atoms with Crippen LogP contribution in [0.1, 0.15) is 6.23 Å². The fraction of sp³-hybridized carbons (Fsp3) is 0.538. The number of aromatic amines is 1. The molecule has 0 bridgehead atoms. The molecule has 4 heterocycles. The Kier molecular flexibility index (Phi) is 3.18. The molecule has 0 aliphatic carbocycles. The lowest BCUT2D eigenvalue weighted by molar-refractivity contribution is -0.0823. The number of ether oxygens (including phenoxy) is 2. The number of nitrogens with one attached hydrogen (secondary N) is 1. The third-order valence-electron chi connectivity index (χ3n) is 3.81. The maximum Gasteiger partial charge on any atom is 0.280 e. The zero-order valence-corrected chi connectivity index (χ0v) is 12.6. The molecule has 10 nitrogen and oxygen atoms in total. The summed E-state index contributed by atoms with van der Waals surface area (Å²) in [6.45, 7) is -0.114. The first-order valence-electron chi connectivity index (χ1n) is 7.17. The maximum absolute atomic E-state index is 12.1. The average molecular weight is 320 g/mol. The minimum absolute atomic E-state index is 0.114. The molecule has 0 saturated carbocycles. The normalized spacial score (nSPS) is 29.3. The molecule has 2 fully saturated rings. The van der Waals surface area contributed by atoms with E-state index in [0.29, 0.717) is 5.65 Å². The van der Waals surface area contributed by atoms with E-state index in [1.165, 1.54) is 6.33 Å². The average Bonchev–Trinajstić information content (AvgIpc) is 3.05. The highest BCUT2D eigenvalue weighted by Gasteiger charge is 2.58. The van der Waals surface area contributed by atoms with Gasteiger partial charge >= 0.3 is 0 Å². The van der Waals surface area contributed by atoms with Gasteiger partial charge in [0.1, 0.15) is 18.3 Å². The highest BCUT2D eigenvalue weighted by Crippen LogP contribution is 2.45. The number of fused-ring (bicyclic) bond motifs is 2. The van der Waals surface area contributed by atoms with Gasteiger partial charge in [-0.1, -0.05) is 0 Å². The van der Waals surface area contributed by atoms with E-state index in [0.717, 1.165) is 0 Å². The standard InChI is InChI=1S/C13H16N6O4/c1-18(2)4-15-13-16-10-7(11(21)17-13)14-5-19(10)12-9-8(23-9)6(3-20)22-12/h4-6,8-9,12,20H,3H2,1-2H3,(H,16,17,21)/b15-4+/t6-,8-,9-,12-/m1/s1. The Balaban J connectivity index is 1.75. The molecule has 0 spiro atoms. The van der Waals surface area contributed by atoms with Crippen LogP contribution in [-0.4, -0.2) is 74.9 Å². The Labute approximate surface area is 130 Å². The predicted molar refractivity (Wildman–Crippen MR) is 79.6 cm³/mol. The number of aromatic nitrogens is 4. The van der Waals surface area contributed by atoms with Gasteiger partial charge in [0.15, 0.2) is 17.4 Å². The second kappa shape index (κ2) is 5.11. The van der Waals surface area contributed by atoms with Gasteiger partial charge in [-0.25, -0.2) is 9.98 Å². The lowest BCUT2D eigenvalue weighted by Gasteiger charge is -2.17. The summed E-state index contributed by atoms with van der Waals surface area (Å²) in [6, 6.07) is 0. The van der Waals surface area contributed by atoms with E-state index >= 15 is 0 Å². The van der Waals surface area contributed by atoms with E-state index < -0.39 is 6.23 Å². The van der Waals surface area contributed by atoms with Crippen LogP contribution in [0.4, 0.5) is 5.95 Å². The number of hydrogen-bond donors (Lipinski definition) is 2. The fourth-order valence-electron chi connectivity index (χ4n) is 2.70. The van der Waals surface area contributed by atoms with Crippen LogP contribution in [0.5, 0.6) is 0 Å². The number of aliphatic hydroxyl groups is 1. The predicted octanol–water partition coefficient (Wildman–Crippen LogP) is -1.00. The van der Waals surface area contributed by atoms with Crippen molar-refractivity contribution in [2.45, 2.75) is 24.5 Å². The fourth-order valence-corrected chi connectivity index (χ4v) is 2.70. The molecule has 2 aromatic heterocycles. The minimum atomic E-state index is -0.456. The van der Waals surface area contributed by atoms with Crippen molar-refractivity contribution in [3.63, 3.8) is 0 Å². The summed E-state index contributed by atoms with van der Waals surface area (Å²) in [7, 11) is 3.63. The third-order valence-corrected chi connectivity index (χ3v) is 3.81. The van der Waals surface area contributed by atoms with Gasteiger partial charge in [-0.2, -0.15) is 4.98 Å². The van der Waals surface area contributed by atoms with E-state index in [2.05, 4.69) is 19.9 Å². The first kappa shape index (κ1) is 14.3. The van der Waals surface area contributed by atoms with E-state index in [1.807, 2.05) is 14.1 Å². The number of nitrogens with zero attached hydrogens (tertiary/aromatic N) is 5. The molecular formula is C13H16N6O4. The van der Waals surface area contributed by atoms with E-state index in [4.69, 9.17) is 9.47 Å². The molecule has 4 atom stereocenters. The van der Waals surface area contributed by atoms with Crippen molar-refractivity contribution in [2.24, 2.45) is 4.99 Å². The Morgan fingerprint density at radius 2 is 2.30 bits per heavy atom. The van der Waals surface area contributed by atoms with Crippen LogP contribution in [0.3, 0.4) is 0 Å². The van der Waals surface area contributed by atoms with Gasteiger partial charge in [0.25, 0.3) is 5.56 Å². The molecule has 122 valence electrons. The third kappa shape index (κ3) is 2.31. The van der Waals surface area contributed by atoms with Crippen LogP contribution in [0, 0.1) is 0 Å². The Morgan fingerprint density at radius 3 is 3.00 bits per heavy atom. The van der Waals surface area contributed by atoms with Crippen LogP contribution in [0.2, 0.25) is 0 Å². The van der Waals surface area contributed by atoms with Gasteiger partial charge in [-0.05, 0) is 0 Å². The second-order valence-electron chi connectivity index (χ2n) is 5.73. The molecule has 2 aliphatic rings. The molecule has 2 aromatic rings. The van der Waals surface area contributed by atoms with Crippen LogP contribution >= 0.6 is 0 Å². The molecule has 2 saturated heterocycles. The number of aliphatic hydroxyl groups excluding tert-OH is 1. The number of imidazole rings is 1. The largest absolute Gasteiger partial charge is 0.394 e. The van der Waals surface area contributed by atoms with E-state index in [-0.39, 0.29) is 41.9 Å². The summed E-state index contributed by atoms with van der Waals surface area (Å²) in [4.78, 5) is 29.0. The molecule has 2 N–H and O–H groups in total. The summed E-state index contributed by atoms with van der Waals surface area (Å²) in [5, 5.41) is 9.28. The molecule has 0 amide bonds. The lowest BCUT2D eigenvalue weighted by Crippen LogP contribution is -2.22. The molecule has 23 heavy (non-hydrogen) atoms. The summed E-state index contributed by atoms with van der Waals surface area (Å²) in [6.07, 6.45) is 1.95. The molecule has 10 heteroatoms. The van der Waals surface area contributed by atoms with Crippen molar-refractivity contribution < 1.29 is 14.6 Å². The monoisotopic (exact) mass is 320 g/mol. The zero-order chi connectivity index (χ0) is 16.1. The minimum Gasteiger partial charge on any atom is -0.394 e. The highest BCUT2D eigenvalue weighted by atomic mass is 16.7. The number of H-pyrrole nitrogens is 1. The molecular weight excluding hydrogens is 304 g/mol. The quantitative estimate of drug-likeness (QED) is 0.421. The highest BCUT2D eigenvalue weighted by molar-refractivity contribution is 5.71. The van der Waals surface area contributed by atoms with Crippen molar-refractivity contribution in [1.29, 1.82) is 0 Å². The first-order chi connectivity index (χ1) is 11.1. The first-order valence-corrected chi connectivity index (χ1v) is 7.17. The second-order valence-corrected chi connectivity index (χ2v) is 5.73. The van der Waals surface area contributed by atoms with Gasteiger partial charge in [-0.3, -0.25) is 14.3 Å². The van der Waals surface area contributed by atoms with E-state index in [1.54, 1.807) is 15.8 Å². The topological polar surface area (TPSA) is 121 Å². The van der Waals surface area contributed by atoms with Gasteiger partial charge in [0, 0.05) is 14.1 Å². The van der Waals surface area contributed by atoms with Crippen molar-refractivity contribution in [2.75, 3.05) is 20.7 Å². The Bertz CT molecular complexity index is 827. The number of epoxide rings is 1. The molecule has 2 aliphatic heterocycles. The van der Waals surface area contributed by atoms with Gasteiger partial charge in [0.2, 0.25) is 5.95 Å². The number of hydrogen-bond acceptors (Lipinski definition) is 7. The molecule has 0 unspecified atom stereocenters. The summed E-state index contributed by atoms with van der Waals surface area (Å²) >= 11 is 0. The number of aliphatic imine (C=N–C) groups is 1. The van der Waals surface area contributed by atoms with Crippen molar-refractivity contribution in [3.8, 4) is 0 Å². The SMILES string of the molecule is CN(C)/C=N/c1nc2c(ncn2[C@@H]2O[C@H](CO)[C@H]3O[C@H]32)c(=O)[nH]1. The molecule has 0 aromatic carbocycles. The summed E-state index contributed by atoms with van der Waals surface area (Å²) in [5.74, 6) is 0.183. The smallest absolute Gasteiger partial charge is 0.280 e. The van der Waals surface area contributed by atoms with Gasteiger partial charge < -0.3 is 19.5 Å². The van der Waals surface area contributed by atoms with Gasteiger partial charge in [0.05, 0.1) is 19.3 Å². The Hall–Kier alpha value is -2.30. The molecule has 0 radical (unpaired) electrons. The molecule has 4 rings (SSSR count). The van der Waals surface area contributed by atoms with Crippen LogP contribution in [0.15, 0.2) is 16.1 Å². The van der Waals surface area contributed by atoms with Crippen LogP contribution in [0.25, 0.3) is 11.2 Å². The van der Waals surface area contributed by atoms with E-state index in [9.17, 15) is 9.90 Å². The van der Waals surface area contributed by atoms with Crippen molar-refractivity contribution >= 4 is 23.5 Å². The van der Waals surface area contributed by atoms with Gasteiger partial charge in [-0.15, -0.1) is 0 Å². The van der Waals surface area contributed by atoms with Crippen LogP contribution in [-0.2, 0) is 9.47 Å². The van der Waals surface area contributed by atoms with Crippen molar-refractivity contribution in [3.05, 3.63) is 16.7 Å². The zero-order valence-electron chi connectivity index (χ0n) is 12.6. The summed E-state index contributed by atoms with van der Waals surface area (Å²) < 4.78 is 12.9. The van der Waals surface area contributed by atoms with Crippen molar-refractivity contribution in [1.82, 2.24) is 24.4 Å². The Morgan fingerprint density at radius 1 is 1.48 bits per heavy atom. The summed E-state index contributed by atoms with van der Waals surface area (Å²) in [5.41, 5.74) is 0.212. The van der Waals surface area contributed by atoms with Crippen LogP contribution < -0.4 is 5.56 Å². The maximum atomic E-state index is 12.1.